The van der Waals surface area contributed by atoms with Gasteiger partial charge in [0, 0.05) is 36.3 Å². The molecular formula is C22H32N4O3S. The molecule has 1 amide bonds. The van der Waals surface area contributed by atoms with Gasteiger partial charge in [0.25, 0.3) is 5.56 Å². The van der Waals surface area contributed by atoms with E-state index in [-0.39, 0.29) is 23.7 Å². The molecule has 0 radical (unpaired) electrons. The van der Waals surface area contributed by atoms with E-state index < -0.39 is 5.60 Å². The number of nitrogens with zero attached hydrogens (tertiary/aromatic N) is 4. The van der Waals surface area contributed by atoms with Crippen LogP contribution in [-0.4, -0.2) is 56.1 Å². The van der Waals surface area contributed by atoms with Crippen LogP contribution in [0.15, 0.2) is 16.2 Å². The molecule has 2 saturated heterocycles. The van der Waals surface area contributed by atoms with Crippen molar-refractivity contribution in [1.29, 1.82) is 0 Å². The van der Waals surface area contributed by atoms with Gasteiger partial charge in [-0.3, -0.25) is 14.1 Å². The fraction of sp³-hybridized carbons (Fsp3) is 0.682. The number of aromatic nitrogens is 2. The van der Waals surface area contributed by atoms with E-state index in [0.717, 1.165) is 55.1 Å². The molecule has 7 nitrogen and oxygen atoms in total. The van der Waals surface area contributed by atoms with Crippen molar-refractivity contribution in [2.45, 2.75) is 84.0 Å². The van der Waals surface area contributed by atoms with Crippen LogP contribution in [0.2, 0.25) is 0 Å². The molecule has 8 heteroatoms. The van der Waals surface area contributed by atoms with Crippen LogP contribution in [0, 0.1) is 6.92 Å². The zero-order chi connectivity index (χ0) is 21.5. The van der Waals surface area contributed by atoms with E-state index >= 15 is 0 Å². The Morgan fingerprint density at radius 1 is 1.20 bits per heavy atom. The summed E-state index contributed by atoms with van der Waals surface area (Å²) in [7, 11) is 0. The number of thiazole rings is 1. The van der Waals surface area contributed by atoms with Crippen molar-refractivity contribution in [3.05, 3.63) is 33.2 Å². The van der Waals surface area contributed by atoms with Crippen LogP contribution >= 0.6 is 11.3 Å². The van der Waals surface area contributed by atoms with Gasteiger partial charge in [-0.2, -0.15) is 0 Å². The van der Waals surface area contributed by atoms with E-state index in [9.17, 15) is 9.59 Å². The minimum atomic E-state index is -0.489. The zero-order valence-electron chi connectivity index (χ0n) is 18.4. The average molecular weight is 433 g/mol. The SMILES string of the molecule is Cc1csc2nc(CN3CCCC[C@H]3[C@H]3CCCN3C(=O)OC(C)(C)C)cc(=O)n12. The van der Waals surface area contributed by atoms with Crippen LogP contribution in [0.4, 0.5) is 4.79 Å². The molecule has 0 N–H and O–H groups in total. The van der Waals surface area contributed by atoms with E-state index in [0.29, 0.717) is 6.54 Å². The third kappa shape index (κ3) is 4.39. The number of hydrogen-bond acceptors (Lipinski definition) is 6. The smallest absolute Gasteiger partial charge is 0.410 e. The Hall–Kier alpha value is -1.93. The molecule has 2 fully saturated rings. The lowest BCUT2D eigenvalue weighted by molar-refractivity contribution is 0.00627. The van der Waals surface area contributed by atoms with Crippen LogP contribution in [0.25, 0.3) is 4.96 Å². The Bertz CT molecular complexity index is 977. The topological polar surface area (TPSA) is 67.2 Å². The highest BCUT2D eigenvalue weighted by atomic mass is 32.1. The second-order valence-corrected chi connectivity index (χ2v) is 10.3. The third-order valence-corrected chi connectivity index (χ3v) is 6.97. The number of likely N-dealkylation sites (tertiary alicyclic amines) is 2. The second kappa shape index (κ2) is 8.30. The van der Waals surface area contributed by atoms with Gasteiger partial charge >= 0.3 is 6.09 Å². The molecule has 4 rings (SSSR count). The van der Waals surface area contributed by atoms with Gasteiger partial charge in [0.15, 0.2) is 4.96 Å². The summed E-state index contributed by atoms with van der Waals surface area (Å²) in [6, 6.07) is 2.10. The van der Waals surface area contributed by atoms with Gasteiger partial charge < -0.3 is 9.64 Å². The monoisotopic (exact) mass is 432 g/mol. The highest BCUT2D eigenvalue weighted by Crippen LogP contribution is 2.31. The summed E-state index contributed by atoms with van der Waals surface area (Å²) < 4.78 is 7.35. The molecule has 2 atom stereocenters. The summed E-state index contributed by atoms with van der Waals surface area (Å²) >= 11 is 1.50. The first-order valence-electron chi connectivity index (χ1n) is 10.9. The van der Waals surface area contributed by atoms with Crippen LogP contribution in [0.5, 0.6) is 0 Å². The maximum atomic E-state index is 12.8. The maximum Gasteiger partial charge on any atom is 0.410 e. The number of piperidine rings is 1. The number of rotatable bonds is 3. The molecule has 2 aliphatic rings. The van der Waals surface area contributed by atoms with Crippen LogP contribution in [0.1, 0.15) is 64.3 Å². The average Bonchev–Trinajstić information content (AvgIpc) is 3.28. The molecule has 0 saturated carbocycles. The molecule has 0 spiro atoms. The fourth-order valence-corrected chi connectivity index (χ4v) is 5.67. The summed E-state index contributed by atoms with van der Waals surface area (Å²) in [4.78, 5) is 35.2. The number of carbonyl (C=O) groups excluding carboxylic acids is 1. The molecule has 0 unspecified atom stereocenters. The lowest BCUT2D eigenvalue weighted by Crippen LogP contribution is -2.53. The molecule has 164 valence electrons. The molecule has 0 aliphatic carbocycles. The molecule has 2 aliphatic heterocycles. The minimum Gasteiger partial charge on any atom is -0.444 e. The van der Waals surface area contributed by atoms with Gasteiger partial charge in [0.1, 0.15) is 5.60 Å². The predicted molar refractivity (Wildman–Crippen MR) is 118 cm³/mol. The predicted octanol–water partition coefficient (Wildman–Crippen LogP) is 3.82. The van der Waals surface area contributed by atoms with Crippen LogP contribution in [-0.2, 0) is 11.3 Å². The molecule has 2 aromatic heterocycles. The van der Waals surface area contributed by atoms with Crippen molar-refractivity contribution in [2.24, 2.45) is 0 Å². The highest BCUT2D eigenvalue weighted by Gasteiger charge is 2.40. The van der Waals surface area contributed by atoms with Crippen molar-refractivity contribution in [3.8, 4) is 0 Å². The Balaban J connectivity index is 1.54. The van der Waals surface area contributed by atoms with E-state index in [2.05, 4.69) is 4.90 Å². The lowest BCUT2D eigenvalue weighted by Gasteiger charge is -2.42. The standard InChI is InChI=1S/C22H32N4O3S/c1-15-14-30-20-23-16(12-19(27)26(15)20)13-24-10-6-5-8-17(24)18-9-7-11-25(18)21(28)29-22(2,3)4/h12,14,17-18H,5-11,13H2,1-4H3/t17-,18+/m0/s1. The Labute approximate surface area is 181 Å². The summed E-state index contributed by atoms with van der Waals surface area (Å²) in [6.45, 7) is 10.0. The van der Waals surface area contributed by atoms with Crippen LogP contribution in [0.3, 0.4) is 0 Å². The quantitative estimate of drug-likeness (QED) is 0.738. The molecule has 4 heterocycles. The van der Waals surface area contributed by atoms with Gasteiger partial charge in [0.2, 0.25) is 0 Å². The Morgan fingerprint density at radius 2 is 1.97 bits per heavy atom. The number of fused-ring (bicyclic) bond motifs is 1. The number of hydrogen-bond donors (Lipinski definition) is 0. The number of amides is 1. The molecule has 0 aromatic carbocycles. The highest BCUT2D eigenvalue weighted by molar-refractivity contribution is 7.15. The summed E-state index contributed by atoms with van der Waals surface area (Å²) in [5.74, 6) is 0. The Morgan fingerprint density at radius 3 is 2.73 bits per heavy atom. The van der Waals surface area contributed by atoms with E-state index in [1.807, 2.05) is 38.0 Å². The molecule has 30 heavy (non-hydrogen) atoms. The van der Waals surface area contributed by atoms with Crippen molar-refractivity contribution in [2.75, 3.05) is 13.1 Å². The van der Waals surface area contributed by atoms with Crippen LogP contribution < -0.4 is 5.56 Å². The van der Waals surface area contributed by atoms with E-state index in [1.54, 1.807) is 10.5 Å². The first-order valence-corrected chi connectivity index (χ1v) is 11.8. The number of ether oxygens (including phenoxy) is 1. The molecule has 2 aromatic rings. The zero-order valence-corrected chi connectivity index (χ0v) is 19.2. The Kier molecular flexibility index (Phi) is 5.90. The van der Waals surface area contributed by atoms with Crippen molar-refractivity contribution in [3.63, 3.8) is 0 Å². The van der Waals surface area contributed by atoms with E-state index in [1.165, 1.54) is 17.8 Å². The fourth-order valence-electron chi connectivity index (χ4n) is 4.78. The van der Waals surface area contributed by atoms with Crippen molar-refractivity contribution >= 4 is 22.4 Å². The maximum absolute atomic E-state index is 12.8. The van der Waals surface area contributed by atoms with Gasteiger partial charge in [-0.25, -0.2) is 9.78 Å². The second-order valence-electron chi connectivity index (χ2n) is 9.50. The molecule has 0 bridgehead atoms. The van der Waals surface area contributed by atoms with E-state index in [4.69, 9.17) is 9.72 Å². The number of aryl methyl sites for hydroxylation is 1. The molecular weight excluding hydrogens is 400 g/mol. The lowest BCUT2D eigenvalue weighted by atomic mass is 9.93. The van der Waals surface area contributed by atoms with Gasteiger partial charge in [-0.1, -0.05) is 6.42 Å². The van der Waals surface area contributed by atoms with Gasteiger partial charge in [0.05, 0.1) is 11.7 Å². The summed E-state index contributed by atoms with van der Waals surface area (Å²) in [5.41, 5.74) is 1.24. The van der Waals surface area contributed by atoms with Crippen molar-refractivity contribution in [1.82, 2.24) is 19.2 Å². The van der Waals surface area contributed by atoms with Gasteiger partial charge in [-0.15, -0.1) is 11.3 Å². The summed E-state index contributed by atoms with van der Waals surface area (Å²) in [6.07, 6.45) is 5.16. The normalized spacial score (nSPS) is 23.3. The first kappa shape index (κ1) is 21.3. The largest absolute Gasteiger partial charge is 0.444 e. The number of carbonyl (C=O) groups is 1. The summed E-state index contributed by atoms with van der Waals surface area (Å²) in [5, 5.41) is 1.97. The third-order valence-electron chi connectivity index (χ3n) is 6.03. The first-order chi connectivity index (χ1) is 14.2. The van der Waals surface area contributed by atoms with Gasteiger partial charge in [-0.05, 0) is 59.9 Å². The van der Waals surface area contributed by atoms with Crippen molar-refractivity contribution < 1.29 is 9.53 Å². The minimum absolute atomic E-state index is 0.0152.